The third-order valence-electron chi connectivity index (χ3n) is 3.50. The normalized spacial score (nSPS) is 17.3. The van der Waals surface area contributed by atoms with E-state index in [4.69, 9.17) is 0 Å². The lowest BCUT2D eigenvalue weighted by atomic mass is 10.1. The third-order valence-corrected chi connectivity index (χ3v) is 4.50. The Labute approximate surface area is 143 Å². The van der Waals surface area contributed by atoms with E-state index in [-0.39, 0.29) is 30.7 Å². The molecular weight excluding hydrogens is 329 g/mol. The zero-order valence-electron chi connectivity index (χ0n) is 13.0. The molecule has 2 rings (SSSR count). The lowest BCUT2D eigenvalue weighted by Crippen LogP contribution is -2.38. The molecule has 0 aromatic carbocycles. The van der Waals surface area contributed by atoms with Gasteiger partial charge in [0.1, 0.15) is 4.88 Å². The molecule has 0 saturated carbocycles. The standard InChI is InChI=1S/C14H23N3OS.2ClH/c1-9(2)7-12-13(19-10(3)16-12)14(18)17(4)11-5-6-15-8-11;;/h9,11,15H,5-8H2,1-4H3;2*1H. The Morgan fingerprint density at radius 3 is 2.67 bits per heavy atom. The summed E-state index contributed by atoms with van der Waals surface area (Å²) in [7, 11) is 1.91. The fourth-order valence-electron chi connectivity index (χ4n) is 2.46. The zero-order chi connectivity index (χ0) is 14.0. The van der Waals surface area contributed by atoms with Gasteiger partial charge in [-0.15, -0.1) is 36.2 Å². The highest BCUT2D eigenvalue weighted by molar-refractivity contribution is 7.13. The molecule has 0 radical (unpaired) electrons. The Morgan fingerprint density at radius 1 is 1.48 bits per heavy atom. The van der Waals surface area contributed by atoms with Crippen LogP contribution in [-0.2, 0) is 6.42 Å². The molecule has 21 heavy (non-hydrogen) atoms. The zero-order valence-corrected chi connectivity index (χ0v) is 15.5. The largest absolute Gasteiger partial charge is 0.337 e. The number of likely N-dealkylation sites (N-methyl/N-ethyl adjacent to an activating group) is 1. The molecule has 4 nitrogen and oxygen atoms in total. The summed E-state index contributed by atoms with van der Waals surface area (Å²) in [5.74, 6) is 0.654. The minimum absolute atomic E-state index is 0. The molecule has 122 valence electrons. The van der Waals surface area contributed by atoms with Gasteiger partial charge in [0.05, 0.1) is 10.7 Å². The van der Waals surface area contributed by atoms with Gasteiger partial charge in [0, 0.05) is 19.6 Å². The van der Waals surface area contributed by atoms with Gasteiger partial charge in [-0.1, -0.05) is 13.8 Å². The molecule has 1 atom stereocenters. The van der Waals surface area contributed by atoms with Gasteiger partial charge in [0.2, 0.25) is 0 Å². The van der Waals surface area contributed by atoms with Crippen LogP contribution in [0.2, 0.25) is 0 Å². The van der Waals surface area contributed by atoms with Gasteiger partial charge < -0.3 is 10.2 Å². The monoisotopic (exact) mass is 353 g/mol. The van der Waals surface area contributed by atoms with Crippen molar-refractivity contribution in [3.05, 3.63) is 15.6 Å². The molecule has 2 heterocycles. The Balaban J connectivity index is 0.00000200. The number of carbonyl (C=O) groups excluding carboxylic acids is 1. The van der Waals surface area contributed by atoms with E-state index in [1.54, 1.807) is 0 Å². The first-order chi connectivity index (χ1) is 8.99. The third kappa shape index (κ3) is 5.09. The molecule has 1 aliphatic heterocycles. The van der Waals surface area contributed by atoms with Crippen LogP contribution in [0.25, 0.3) is 0 Å². The van der Waals surface area contributed by atoms with Crippen LogP contribution in [-0.4, -0.2) is 42.0 Å². The summed E-state index contributed by atoms with van der Waals surface area (Å²) in [5.41, 5.74) is 0.973. The Bertz CT molecular complexity index is 459. The van der Waals surface area contributed by atoms with Crippen molar-refractivity contribution in [1.82, 2.24) is 15.2 Å². The van der Waals surface area contributed by atoms with E-state index in [2.05, 4.69) is 24.1 Å². The molecule has 7 heteroatoms. The minimum Gasteiger partial charge on any atom is -0.337 e. The van der Waals surface area contributed by atoms with Gasteiger partial charge in [-0.2, -0.15) is 0 Å². The second-order valence-electron chi connectivity index (χ2n) is 5.67. The molecule has 1 amide bonds. The van der Waals surface area contributed by atoms with Gasteiger partial charge in [-0.25, -0.2) is 4.98 Å². The smallest absolute Gasteiger partial charge is 0.265 e. The second-order valence-corrected chi connectivity index (χ2v) is 6.87. The predicted octanol–water partition coefficient (Wildman–Crippen LogP) is 2.93. The van der Waals surface area contributed by atoms with Crippen molar-refractivity contribution in [2.45, 2.75) is 39.7 Å². The van der Waals surface area contributed by atoms with E-state index in [1.165, 1.54) is 11.3 Å². The number of amides is 1. The van der Waals surface area contributed by atoms with Gasteiger partial charge in [0.15, 0.2) is 0 Å². The number of thiazole rings is 1. The van der Waals surface area contributed by atoms with E-state index in [1.807, 2.05) is 18.9 Å². The maximum atomic E-state index is 12.6. The second kappa shape index (κ2) is 8.93. The van der Waals surface area contributed by atoms with Gasteiger partial charge >= 0.3 is 0 Å². The van der Waals surface area contributed by atoms with Crippen molar-refractivity contribution >= 4 is 42.1 Å². The van der Waals surface area contributed by atoms with Crippen LogP contribution in [0.15, 0.2) is 0 Å². The molecule has 0 aliphatic carbocycles. The summed E-state index contributed by atoms with van der Waals surface area (Å²) in [5, 5.41) is 4.29. The number of halogens is 2. The fourth-order valence-corrected chi connectivity index (χ4v) is 3.39. The van der Waals surface area contributed by atoms with Crippen LogP contribution < -0.4 is 5.32 Å². The van der Waals surface area contributed by atoms with Crippen molar-refractivity contribution in [2.24, 2.45) is 5.92 Å². The Hall–Kier alpha value is -0.360. The maximum Gasteiger partial charge on any atom is 0.265 e. The van der Waals surface area contributed by atoms with Crippen LogP contribution in [0.4, 0.5) is 0 Å². The SMILES string of the molecule is Cc1nc(CC(C)C)c(C(=O)N(C)C2CCNC2)s1.Cl.Cl. The summed E-state index contributed by atoms with van der Waals surface area (Å²) in [6.07, 6.45) is 1.92. The highest BCUT2D eigenvalue weighted by Gasteiger charge is 2.27. The first-order valence-corrected chi connectivity index (χ1v) is 7.75. The van der Waals surface area contributed by atoms with Crippen LogP contribution in [0, 0.1) is 12.8 Å². The number of nitrogens with one attached hydrogen (secondary N) is 1. The number of hydrogen-bond acceptors (Lipinski definition) is 4. The molecule has 1 aromatic heterocycles. The van der Waals surface area contributed by atoms with E-state index < -0.39 is 0 Å². The molecular formula is C14H25Cl2N3OS. The summed E-state index contributed by atoms with van der Waals surface area (Å²) in [6, 6.07) is 0.321. The molecule has 1 saturated heterocycles. The fraction of sp³-hybridized carbons (Fsp3) is 0.714. The molecule has 1 unspecified atom stereocenters. The maximum absolute atomic E-state index is 12.6. The summed E-state index contributed by atoms with van der Waals surface area (Å²) < 4.78 is 0. The van der Waals surface area contributed by atoms with Crippen molar-refractivity contribution in [3.8, 4) is 0 Å². The van der Waals surface area contributed by atoms with Gasteiger partial charge in [-0.3, -0.25) is 4.79 Å². The van der Waals surface area contributed by atoms with Crippen molar-refractivity contribution in [3.63, 3.8) is 0 Å². The summed E-state index contributed by atoms with van der Waals surface area (Å²) >= 11 is 1.53. The van der Waals surface area contributed by atoms with Gasteiger partial charge in [-0.05, 0) is 32.2 Å². The predicted molar refractivity (Wildman–Crippen MR) is 93.3 cm³/mol. The van der Waals surface area contributed by atoms with Crippen LogP contribution in [0.1, 0.15) is 40.6 Å². The molecule has 1 aromatic rings. The molecule has 0 spiro atoms. The lowest BCUT2D eigenvalue weighted by Gasteiger charge is -2.23. The lowest BCUT2D eigenvalue weighted by molar-refractivity contribution is 0.0747. The first-order valence-electron chi connectivity index (χ1n) is 6.93. The van der Waals surface area contributed by atoms with E-state index in [0.717, 1.165) is 41.5 Å². The summed E-state index contributed by atoms with van der Waals surface area (Å²) in [6.45, 7) is 8.20. The topological polar surface area (TPSA) is 45.2 Å². The number of carbonyl (C=O) groups is 1. The van der Waals surface area contributed by atoms with Crippen LogP contribution in [0.3, 0.4) is 0 Å². The number of nitrogens with zero attached hydrogens (tertiary/aromatic N) is 2. The first kappa shape index (κ1) is 20.6. The highest BCUT2D eigenvalue weighted by atomic mass is 35.5. The van der Waals surface area contributed by atoms with E-state index in [9.17, 15) is 4.79 Å². The van der Waals surface area contributed by atoms with Crippen LogP contribution in [0.5, 0.6) is 0 Å². The van der Waals surface area contributed by atoms with Gasteiger partial charge in [0.25, 0.3) is 5.91 Å². The number of rotatable bonds is 4. The molecule has 1 fully saturated rings. The van der Waals surface area contributed by atoms with E-state index in [0.29, 0.717) is 12.0 Å². The van der Waals surface area contributed by atoms with E-state index >= 15 is 0 Å². The Morgan fingerprint density at radius 2 is 2.14 bits per heavy atom. The number of aromatic nitrogens is 1. The van der Waals surface area contributed by atoms with Crippen LogP contribution >= 0.6 is 36.2 Å². The highest BCUT2D eigenvalue weighted by Crippen LogP contribution is 2.23. The molecule has 1 N–H and O–H groups in total. The summed E-state index contributed by atoms with van der Waals surface area (Å²) in [4.78, 5) is 19.9. The molecule has 1 aliphatic rings. The van der Waals surface area contributed by atoms with Crippen molar-refractivity contribution in [2.75, 3.05) is 20.1 Å². The number of hydrogen-bond donors (Lipinski definition) is 1. The van der Waals surface area contributed by atoms with Crippen molar-refractivity contribution < 1.29 is 4.79 Å². The Kier molecular flexibility index (Phi) is 8.78. The average molecular weight is 354 g/mol. The minimum atomic E-state index is 0. The van der Waals surface area contributed by atoms with Crippen molar-refractivity contribution in [1.29, 1.82) is 0 Å². The quantitative estimate of drug-likeness (QED) is 0.904. The molecule has 0 bridgehead atoms. The average Bonchev–Trinajstić information content (AvgIpc) is 2.96. The number of aryl methyl sites for hydroxylation is 1.